The van der Waals surface area contributed by atoms with Gasteiger partial charge in [0.1, 0.15) is 0 Å². The summed E-state index contributed by atoms with van der Waals surface area (Å²) >= 11 is 0. The van der Waals surface area contributed by atoms with Crippen LogP contribution in [0.5, 0.6) is 0 Å². The molecule has 8 nitrogen and oxygen atoms in total. The van der Waals surface area contributed by atoms with Crippen molar-refractivity contribution in [1.82, 2.24) is 10.2 Å². The van der Waals surface area contributed by atoms with Crippen molar-refractivity contribution in [1.29, 1.82) is 0 Å². The number of ether oxygens (including phenoxy) is 1. The second kappa shape index (κ2) is 5.67. The lowest BCUT2D eigenvalue weighted by Crippen LogP contribution is -2.64. The van der Waals surface area contributed by atoms with Gasteiger partial charge >= 0.3 is 12.0 Å². The van der Waals surface area contributed by atoms with Gasteiger partial charge in [-0.25, -0.2) is 4.79 Å². The van der Waals surface area contributed by atoms with Crippen molar-refractivity contribution < 1.29 is 18.8 Å². The normalized spacial score (nSPS) is 16.7. The Hall–Kier alpha value is -1.83. The summed E-state index contributed by atoms with van der Waals surface area (Å²) in [4.78, 5) is 15.0. The van der Waals surface area contributed by atoms with Crippen LogP contribution in [0, 0.1) is 0 Å². The van der Waals surface area contributed by atoms with E-state index in [1.54, 1.807) is 17.9 Å². The first-order chi connectivity index (χ1) is 8.69. The number of aromatic nitrogens is 2. The van der Waals surface area contributed by atoms with Crippen LogP contribution in [0.2, 0.25) is 0 Å². The second-order valence-electron chi connectivity index (χ2n) is 4.09. The van der Waals surface area contributed by atoms with E-state index >= 15 is 0 Å². The molecule has 0 bridgehead atoms. The van der Waals surface area contributed by atoms with Gasteiger partial charge in [0.25, 0.3) is 6.20 Å². The van der Waals surface area contributed by atoms with Gasteiger partial charge in [-0.2, -0.15) is 5.01 Å². The lowest BCUT2D eigenvalue weighted by molar-refractivity contribution is -0.759. The Morgan fingerprint density at radius 2 is 2.28 bits per heavy atom. The highest BCUT2D eigenvalue weighted by molar-refractivity contribution is 5.82. The molecule has 0 saturated carbocycles. The number of amides is 1. The summed E-state index contributed by atoms with van der Waals surface area (Å²) in [5.41, 5.74) is 0. The molecule has 1 amide bonds. The molecule has 0 radical (unpaired) electrons. The van der Waals surface area contributed by atoms with E-state index in [0.29, 0.717) is 6.61 Å². The molecular formula is C10H18N5O3+. The zero-order chi connectivity index (χ0) is 13.0. The summed E-state index contributed by atoms with van der Waals surface area (Å²) in [6.07, 6.45) is 1.08. The third-order valence-corrected chi connectivity index (χ3v) is 2.73. The number of nitrogens with zero attached hydrogens (tertiary/aromatic N) is 4. The molecule has 2 rings (SSSR count). The molecule has 1 saturated heterocycles. The molecule has 0 atom stereocenters. The molecule has 0 spiro atoms. The fraction of sp³-hybridized carbons (Fsp3) is 0.700. The van der Waals surface area contributed by atoms with Crippen molar-refractivity contribution in [2.24, 2.45) is 0 Å². The first kappa shape index (κ1) is 12.6. The monoisotopic (exact) mass is 256 g/mol. The van der Waals surface area contributed by atoms with Gasteiger partial charge in [0.2, 0.25) is 5.27 Å². The molecule has 0 aliphatic carbocycles. The molecule has 1 aromatic rings. The van der Waals surface area contributed by atoms with Gasteiger partial charge in [-0.1, -0.05) is 0 Å². The van der Waals surface area contributed by atoms with E-state index in [0.717, 1.165) is 26.2 Å². The van der Waals surface area contributed by atoms with Gasteiger partial charge in [0.15, 0.2) is 0 Å². The standard InChI is InChI=1S/C10H17N5O3/c1-3-17-10(16)11-9-8-15(12-18-9)14-6-4-13(2)5-7-14/h8H,3-7H2,1-2H3/p+1. The van der Waals surface area contributed by atoms with Gasteiger partial charge in [0.05, 0.1) is 24.5 Å². The zero-order valence-electron chi connectivity index (χ0n) is 10.6. The van der Waals surface area contributed by atoms with Crippen LogP contribution in [0.4, 0.5) is 10.7 Å². The maximum absolute atomic E-state index is 11.2. The Morgan fingerprint density at radius 1 is 1.56 bits per heavy atom. The number of nitrogens with one attached hydrogen (secondary N) is 1. The molecule has 8 heteroatoms. The third kappa shape index (κ3) is 3.10. The Morgan fingerprint density at radius 3 is 2.94 bits per heavy atom. The van der Waals surface area contributed by atoms with E-state index in [1.807, 2.05) is 5.01 Å². The fourth-order valence-electron chi connectivity index (χ4n) is 1.69. The summed E-state index contributed by atoms with van der Waals surface area (Å²) in [6, 6.07) is 0. The molecule has 2 heterocycles. The molecule has 0 aromatic carbocycles. The zero-order valence-corrected chi connectivity index (χ0v) is 10.6. The van der Waals surface area contributed by atoms with E-state index in [4.69, 9.17) is 9.26 Å². The topological polar surface area (TPSA) is 74.7 Å². The van der Waals surface area contributed by atoms with Crippen LogP contribution < -0.4 is 15.1 Å². The first-order valence-electron chi connectivity index (χ1n) is 5.95. The largest absolute Gasteiger partial charge is 0.450 e. The minimum atomic E-state index is -0.542. The number of rotatable bonds is 3. The van der Waals surface area contributed by atoms with E-state index < -0.39 is 6.09 Å². The van der Waals surface area contributed by atoms with Crippen LogP contribution in [-0.2, 0) is 4.74 Å². The fourth-order valence-corrected chi connectivity index (χ4v) is 1.69. The van der Waals surface area contributed by atoms with Gasteiger partial charge in [-0.3, -0.25) is 9.84 Å². The summed E-state index contributed by atoms with van der Waals surface area (Å²) in [5, 5.41) is 8.36. The molecule has 100 valence electrons. The quantitative estimate of drug-likeness (QED) is 0.729. The summed E-state index contributed by atoms with van der Waals surface area (Å²) in [7, 11) is 2.08. The van der Waals surface area contributed by atoms with E-state index in [9.17, 15) is 4.79 Å². The highest BCUT2D eigenvalue weighted by Gasteiger charge is 2.25. The summed E-state index contributed by atoms with van der Waals surface area (Å²) < 4.78 is 9.75. The second-order valence-corrected chi connectivity index (χ2v) is 4.09. The van der Waals surface area contributed by atoms with Crippen molar-refractivity contribution in [3.05, 3.63) is 6.20 Å². The third-order valence-electron chi connectivity index (χ3n) is 2.73. The number of likely N-dealkylation sites (N-methyl/N-ethyl adjacent to an activating group) is 1. The van der Waals surface area contributed by atoms with E-state index in [2.05, 4.69) is 22.5 Å². The predicted octanol–water partition coefficient (Wildman–Crippen LogP) is -0.586. The average Bonchev–Trinajstić information content (AvgIpc) is 2.78. The predicted molar refractivity (Wildman–Crippen MR) is 62.8 cm³/mol. The maximum Gasteiger partial charge on any atom is 0.414 e. The van der Waals surface area contributed by atoms with Gasteiger partial charge in [0, 0.05) is 13.1 Å². The molecule has 1 fully saturated rings. The summed E-state index contributed by atoms with van der Waals surface area (Å²) in [6.45, 7) is 5.74. The van der Waals surface area contributed by atoms with Crippen LogP contribution in [0.3, 0.4) is 0 Å². The minimum absolute atomic E-state index is 0.271. The highest BCUT2D eigenvalue weighted by Crippen LogP contribution is 2.02. The number of hydrogen-bond donors (Lipinski definition) is 1. The molecule has 1 N–H and O–H groups in total. The lowest BCUT2D eigenvalue weighted by Gasteiger charge is -2.26. The van der Waals surface area contributed by atoms with E-state index in [-0.39, 0.29) is 5.88 Å². The van der Waals surface area contributed by atoms with Gasteiger partial charge < -0.3 is 9.64 Å². The molecule has 1 aromatic heterocycles. The number of piperazine rings is 1. The first-order valence-corrected chi connectivity index (χ1v) is 5.95. The van der Waals surface area contributed by atoms with Crippen molar-refractivity contribution in [2.45, 2.75) is 6.92 Å². The smallest absolute Gasteiger partial charge is 0.414 e. The number of anilines is 1. The SMILES string of the molecule is CCOC(=O)Nc1c[n+](N2CCN(C)CC2)no1. The average molecular weight is 256 g/mol. The lowest BCUT2D eigenvalue weighted by atomic mass is 10.4. The Labute approximate surface area is 105 Å². The Kier molecular flexibility index (Phi) is 3.98. The summed E-state index contributed by atoms with van der Waals surface area (Å²) in [5.74, 6) is 0.271. The molecular weight excluding hydrogens is 238 g/mol. The van der Waals surface area contributed by atoms with Crippen molar-refractivity contribution in [2.75, 3.05) is 50.2 Å². The van der Waals surface area contributed by atoms with Gasteiger partial charge in [-0.05, 0) is 14.0 Å². The maximum atomic E-state index is 11.2. The van der Waals surface area contributed by atoms with Gasteiger partial charge in [-0.15, -0.1) is 0 Å². The molecule has 1 aliphatic heterocycles. The molecule has 18 heavy (non-hydrogen) atoms. The molecule has 0 unspecified atom stereocenters. The van der Waals surface area contributed by atoms with Crippen molar-refractivity contribution in [3.8, 4) is 0 Å². The minimum Gasteiger partial charge on any atom is -0.450 e. The number of carbonyl (C=O) groups is 1. The van der Waals surface area contributed by atoms with Crippen LogP contribution >= 0.6 is 0 Å². The van der Waals surface area contributed by atoms with Crippen LogP contribution in [-0.4, -0.2) is 56.1 Å². The Bertz CT molecular complexity index is 400. The van der Waals surface area contributed by atoms with Crippen LogP contribution in [0.25, 0.3) is 0 Å². The van der Waals surface area contributed by atoms with Crippen molar-refractivity contribution in [3.63, 3.8) is 0 Å². The molecule has 1 aliphatic rings. The highest BCUT2D eigenvalue weighted by atomic mass is 16.6. The number of carbonyl (C=O) groups excluding carboxylic acids is 1. The van der Waals surface area contributed by atoms with Crippen LogP contribution in [0.1, 0.15) is 6.92 Å². The van der Waals surface area contributed by atoms with Crippen LogP contribution in [0.15, 0.2) is 10.7 Å². The Balaban J connectivity index is 1.91. The van der Waals surface area contributed by atoms with E-state index in [1.165, 1.54) is 0 Å². The van der Waals surface area contributed by atoms with Crippen molar-refractivity contribution >= 4 is 12.0 Å². The number of hydrogen-bond acceptors (Lipinski definition) is 6.